The molecule has 17 heteroatoms. The first-order chi connectivity index (χ1) is 15.5. The lowest BCUT2D eigenvalue weighted by Gasteiger charge is -2.03. The van der Waals surface area contributed by atoms with Gasteiger partial charge in [0.1, 0.15) is 17.2 Å². The molecule has 0 atom stereocenters. The second kappa shape index (κ2) is 11.8. The minimum absolute atomic E-state index is 0. The van der Waals surface area contributed by atoms with E-state index >= 15 is 0 Å². The Kier molecular flexibility index (Phi) is 9.79. The molecule has 190 valence electrons. The van der Waals surface area contributed by atoms with E-state index in [4.69, 9.17) is 16.9 Å². The fraction of sp³-hybridized carbons (Fsp3) is 0.278. The zero-order valence-electron chi connectivity index (χ0n) is 19.0. The highest BCUT2D eigenvalue weighted by atomic mass is 35.5. The van der Waals surface area contributed by atoms with Crippen LogP contribution < -0.4 is 27.4 Å². The summed E-state index contributed by atoms with van der Waals surface area (Å²) in [6.45, 7) is 0.204. The number of nitrogens with one attached hydrogen (secondary N) is 4. The normalized spacial score (nSPS) is 10.0. The van der Waals surface area contributed by atoms with Crippen molar-refractivity contribution < 1.29 is 14.4 Å². The third-order valence-corrected chi connectivity index (χ3v) is 4.49. The van der Waals surface area contributed by atoms with E-state index < -0.39 is 17.7 Å². The molecule has 0 saturated heterocycles. The number of rotatable bonds is 8. The van der Waals surface area contributed by atoms with Crippen molar-refractivity contribution in [2.45, 2.75) is 6.42 Å². The van der Waals surface area contributed by atoms with Crippen LogP contribution in [0.4, 0.5) is 17.5 Å². The number of imidazole rings is 1. The van der Waals surface area contributed by atoms with E-state index in [9.17, 15) is 14.4 Å². The van der Waals surface area contributed by atoms with Crippen molar-refractivity contribution in [3.05, 3.63) is 35.5 Å². The monoisotopic (exact) mass is 528 g/mol. The first kappa shape index (κ1) is 28.9. The van der Waals surface area contributed by atoms with Gasteiger partial charge in [-0.25, -0.2) is 4.98 Å². The third kappa shape index (κ3) is 6.94. The number of hydrogen-bond donors (Lipinski definition) is 6. The first-order valence-electron chi connectivity index (χ1n) is 9.66. The first-order valence-corrected chi connectivity index (χ1v) is 9.66. The van der Waals surface area contributed by atoms with E-state index in [1.54, 1.807) is 14.1 Å². The van der Waals surface area contributed by atoms with Crippen LogP contribution in [0.1, 0.15) is 38.0 Å². The Balaban J connectivity index is 0.00000306. The van der Waals surface area contributed by atoms with Crippen LogP contribution in [0.25, 0.3) is 0 Å². The van der Waals surface area contributed by atoms with Crippen molar-refractivity contribution in [3.8, 4) is 0 Å². The molecule has 3 rings (SSSR count). The van der Waals surface area contributed by atoms with Gasteiger partial charge in [0, 0.05) is 52.4 Å². The SMILES string of the molecule is Cl.Cl.Cn1cc(N)nc1C(=O)Nc1cc(C(=O)Nc2cc(C(=O)NCCC(=N)N)n(C)n2)n(C)n1. The molecule has 0 aromatic carbocycles. The van der Waals surface area contributed by atoms with Crippen molar-refractivity contribution in [2.24, 2.45) is 26.9 Å². The maximum Gasteiger partial charge on any atom is 0.292 e. The molecule has 8 N–H and O–H groups in total. The summed E-state index contributed by atoms with van der Waals surface area (Å²) in [5, 5.41) is 23.2. The summed E-state index contributed by atoms with van der Waals surface area (Å²) < 4.78 is 4.07. The van der Waals surface area contributed by atoms with Gasteiger partial charge in [0.15, 0.2) is 11.6 Å². The number of halogens is 2. The zero-order valence-corrected chi connectivity index (χ0v) is 20.7. The van der Waals surface area contributed by atoms with Crippen molar-refractivity contribution in [2.75, 3.05) is 22.9 Å². The Morgan fingerprint density at radius 1 is 0.943 bits per heavy atom. The van der Waals surface area contributed by atoms with E-state index in [-0.39, 0.29) is 78.3 Å². The van der Waals surface area contributed by atoms with Crippen LogP contribution in [0.2, 0.25) is 0 Å². The predicted molar refractivity (Wildman–Crippen MR) is 133 cm³/mol. The summed E-state index contributed by atoms with van der Waals surface area (Å²) in [6.07, 6.45) is 1.72. The molecule has 0 aliphatic carbocycles. The minimum atomic E-state index is -0.548. The number of anilines is 3. The van der Waals surface area contributed by atoms with E-state index in [0.29, 0.717) is 0 Å². The number of nitrogens with two attached hydrogens (primary N) is 2. The molecule has 3 amide bonds. The molecule has 0 unspecified atom stereocenters. The number of nitrogen functional groups attached to an aromatic ring is 1. The van der Waals surface area contributed by atoms with Crippen LogP contribution in [-0.2, 0) is 21.1 Å². The molecule has 3 aromatic heterocycles. The molecule has 3 heterocycles. The lowest BCUT2D eigenvalue weighted by molar-refractivity contribution is 0.0943. The molecule has 0 aliphatic rings. The standard InChI is InChI=1S/C18H24N12O3.2ClH/c1-28-8-12(21)23-15(28)18(33)25-14-7-10(30(3)27-14)17(32)24-13-6-9(29(2)26-13)16(31)22-5-4-11(19)20;;/h6-8H,4-5,21H2,1-3H3,(H3,19,20)(H,22,31)(H,24,26,32)(H,25,27,33);2*1H. The molecular weight excluding hydrogens is 503 g/mol. The summed E-state index contributed by atoms with van der Waals surface area (Å²) in [6, 6.07) is 2.80. The van der Waals surface area contributed by atoms with Crippen LogP contribution in [-0.4, -0.2) is 59.2 Å². The Hall–Kier alpha value is -4.11. The van der Waals surface area contributed by atoms with Crippen molar-refractivity contribution in [1.29, 1.82) is 5.41 Å². The van der Waals surface area contributed by atoms with Gasteiger partial charge in [0.05, 0.1) is 5.84 Å². The Morgan fingerprint density at radius 3 is 1.94 bits per heavy atom. The van der Waals surface area contributed by atoms with Crippen LogP contribution >= 0.6 is 24.8 Å². The van der Waals surface area contributed by atoms with Gasteiger partial charge in [-0.1, -0.05) is 0 Å². The van der Waals surface area contributed by atoms with Gasteiger partial charge in [-0.3, -0.25) is 29.2 Å². The Labute approximate surface area is 211 Å². The third-order valence-electron chi connectivity index (χ3n) is 4.49. The fourth-order valence-corrected chi connectivity index (χ4v) is 2.94. The van der Waals surface area contributed by atoms with Gasteiger partial charge >= 0.3 is 0 Å². The van der Waals surface area contributed by atoms with Gasteiger partial charge in [0.2, 0.25) is 5.82 Å². The van der Waals surface area contributed by atoms with Crippen LogP contribution in [0.15, 0.2) is 18.3 Å². The van der Waals surface area contributed by atoms with Crippen molar-refractivity contribution in [3.63, 3.8) is 0 Å². The molecule has 0 spiro atoms. The molecule has 3 aromatic rings. The van der Waals surface area contributed by atoms with Crippen molar-refractivity contribution in [1.82, 2.24) is 34.4 Å². The smallest absolute Gasteiger partial charge is 0.292 e. The lowest BCUT2D eigenvalue weighted by Crippen LogP contribution is -2.29. The average molecular weight is 529 g/mol. The maximum atomic E-state index is 12.7. The molecule has 0 saturated carbocycles. The van der Waals surface area contributed by atoms with Gasteiger partial charge in [-0.15, -0.1) is 24.8 Å². The summed E-state index contributed by atoms with van der Waals surface area (Å²) in [5.41, 5.74) is 11.2. The number of carbonyl (C=O) groups excluding carboxylic acids is 3. The number of amidine groups is 1. The number of hydrogen-bond acceptors (Lipinski definition) is 8. The molecular formula is C18H26Cl2N12O3. The molecule has 0 radical (unpaired) electrons. The highest BCUT2D eigenvalue weighted by molar-refractivity contribution is 6.05. The van der Waals surface area contributed by atoms with Crippen molar-refractivity contribution >= 4 is 65.8 Å². The topological polar surface area (TPSA) is 217 Å². The number of nitrogens with zero attached hydrogens (tertiary/aromatic N) is 6. The number of carbonyl (C=O) groups is 3. The molecule has 15 nitrogen and oxygen atoms in total. The molecule has 0 fully saturated rings. The van der Waals surface area contributed by atoms with E-state index in [0.717, 1.165) is 0 Å². The summed E-state index contributed by atoms with van der Waals surface area (Å²) in [4.78, 5) is 41.3. The predicted octanol–water partition coefficient (Wildman–Crippen LogP) is -0.127. The Morgan fingerprint density at radius 2 is 1.46 bits per heavy atom. The van der Waals surface area contributed by atoms with E-state index in [1.807, 2.05) is 0 Å². The quantitative estimate of drug-likeness (QED) is 0.170. The van der Waals surface area contributed by atoms with E-state index in [1.165, 1.54) is 39.3 Å². The van der Waals surface area contributed by atoms with Crippen LogP contribution in [0, 0.1) is 5.41 Å². The summed E-state index contributed by atoms with van der Waals surface area (Å²) in [5.74, 6) is -0.970. The van der Waals surface area contributed by atoms with E-state index in [2.05, 4.69) is 31.1 Å². The average Bonchev–Trinajstić information content (AvgIpc) is 3.37. The minimum Gasteiger partial charge on any atom is -0.388 e. The largest absolute Gasteiger partial charge is 0.388 e. The number of aromatic nitrogens is 6. The molecule has 0 aliphatic heterocycles. The Bertz CT molecular complexity index is 1250. The van der Waals surface area contributed by atoms with Gasteiger partial charge in [-0.05, 0) is 0 Å². The zero-order chi connectivity index (χ0) is 24.3. The summed E-state index contributed by atoms with van der Waals surface area (Å²) >= 11 is 0. The van der Waals surface area contributed by atoms with Gasteiger partial charge < -0.3 is 32.0 Å². The van der Waals surface area contributed by atoms with Gasteiger partial charge in [-0.2, -0.15) is 10.2 Å². The highest BCUT2D eigenvalue weighted by Gasteiger charge is 2.20. The highest BCUT2D eigenvalue weighted by Crippen LogP contribution is 2.14. The lowest BCUT2D eigenvalue weighted by atomic mass is 10.3. The number of amides is 3. The van der Waals surface area contributed by atoms with Crippen LogP contribution in [0.3, 0.4) is 0 Å². The number of aryl methyl sites for hydroxylation is 3. The summed E-state index contributed by atoms with van der Waals surface area (Å²) in [7, 11) is 4.72. The second-order valence-electron chi connectivity index (χ2n) is 7.12. The molecule has 35 heavy (non-hydrogen) atoms. The second-order valence-corrected chi connectivity index (χ2v) is 7.12. The van der Waals surface area contributed by atoms with Crippen LogP contribution in [0.5, 0.6) is 0 Å². The van der Waals surface area contributed by atoms with Gasteiger partial charge in [0.25, 0.3) is 17.7 Å². The maximum absolute atomic E-state index is 12.7. The fourth-order valence-electron chi connectivity index (χ4n) is 2.94. The molecule has 0 bridgehead atoms.